The van der Waals surface area contributed by atoms with E-state index >= 15 is 0 Å². The van der Waals surface area contributed by atoms with Crippen LogP contribution in [0, 0.1) is 12.8 Å². The van der Waals surface area contributed by atoms with Gasteiger partial charge in [-0.05, 0) is 48.4 Å². The van der Waals surface area contributed by atoms with E-state index in [9.17, 15) is 0 Å². The van der Waals surface area contributed by atoms with E-state index in [1.165, 1.54) is 60.8 Å². The zero-order valence-corrected chi connectivity index (χ0v) is 12.4. The molecule has 19 heavy (non-hydrogen) atoms. The molecule has 0 spiro atoms. The summed E-state index contributed by atoms with van der Waals surface area (Å²) in [5.74, 6) is 0.886. The standard InChI is InChI=1S/C19H26/c1-4-17(5-2)19-15(3)10-9-13-18(19)14-16-11-7-6-8-12-16/h4-5,9-10,13,16H,1,6-8,11-12,14H2,2-3H3/b17-5+. The Balaban J connectivity index is 2.28. The summed E-state index contributed by atoms with van der Waals surface area (Å²) in [6.45, 7) is 8.29. The van der Waals surface area contributed by atoms with E-state index in [1.807, 2.05) is 6.08 Å². The van der Waals surface area contributed by atoms with Crippen molar-refractivity contribution in [1.29, 1.82) is 0 Å². The van der Waals surface area contributed by atoms with E-state index in [0.29, 0.717) is 0 Å². The van der Waals surface area contributed by atoms with E-state index in [4.69, 9.17) is 0 Å². The molecular formula is C19H26. The van der Waals surface area contributed by atoms with Gasteiger partial charge in [-0.15, -0.1) is 0 Å². The van der Waals surface area contributed by atoms with Crippen molar-refractivity contribution in [2.75, 3.05) is 0 Å². The Hall–Kier alpha value is -1.30. The second-order valence-electron chi connectivity index (χ2n) is 5.77. The summed E-state index contributed by atoms with van der Waals surface area (Å²) in [5.41, 5.74) is 5.59. The van der Waals surface area contributed by atoms with Gasteiger partial charge in [0.1, 0.15) is 0 Å². The lowest BCUT2D eigenvalue weighted by Gasteiger charge is -2.23. The normalized spacial score (nSPS) is 17.5. The van der Waals surface area contributed by atoms with Crippen LogP contribution < -0.4 is 0 Å². The third-order valence-corrected chi connectivity index (χ3v) is 4.41. The zero-order valence-electron chi connectivity index (χ0n) is 12.4. The molecule has 1 fully saturated rings. The average molecular weight is 254 g/mol. The summed E-state index contributed by atoms with van der Waals surface area (Å²) < 4.78 is 0. The van der Waals surface area contributed by atoms with Crippen LogP contribution in [0.1, 0.15) is 55.7 Å². The Morgan fingerprint density at radius 1 is 1.26 bits per heavy atom. The summed E-state index contributed by atoms with van der Waals surface area (Å²) in [6.07, 6.45) is 12.5. The maximum Gasteiger partial charge on any atom is -0.0126 e. The van der Waals surface area contributed by atoms with Gasteiger partial charge in [-0.3, -0.25) is 0 Å². The summed E-state index contributed by atoms with van der Waals surface area (Å²) in [4.78, 5) is 0. The molecule has 0 nitrogen and oxygen atoms in total. The smallest absolute Gasteiger partial charge is 0.0126 e. The van der Waals surface area contributed by atoms with Crippen LogP contribution in [0.4, 0.5) is 0 Å². The van der Waals surface area contributed by atoms with Gasteiger partial charge in [0.15, 0.2) is 0 Å². The Labute approximate surface area is 118 Å². The maximum atomic E-state index is 3.97. The number of benzene rings is 1. The topological polar surface area (TPSA) is 0 Å². The number of hydrogen-bond acceptors (Lipinski definition) is 0. The summed E-state index contributed by atoms with van der Waals surface area (Å²) in [7, 11) is 0. The fraction of sp³-hybridized carbons (Fsp3) is 0.474. The highest BCUT2D eigenvalue weighted by molar-refractivity contribution is 5.77. The van der Waals surface area contributed by atoms with E-state index in [1.54, 1.807) is 0 Å². The van der Waals surface area contributed by atoms with Crippen LogP contribution in [-0.4, -0.2) is 0 Å². The molecule has 0 aliphatic heterocycles. The van der Waals surface area contributed by atoms with Gasteiger partial charge in [-0.1, -0.05) is 69.0 Å². The number of allylic oxidation sites excluding steroid dienone is 3. The molecular weight excluding hydrogens is 228 g/mol. The quantitative estimate of drug-likeness (QED) is 0.604. The summed E-state index contributed by atoms with van der Waals surface area (Å²) in [6, 6.07) is 6.73. The van der Waals surface area contributed by atoms with Gasteiger partial charge in [0, 0.05) is 0 Å². The van der Waals surface area contributed by atoms with Crippen LogP contribution >= 0.6 is 0 Å². The Morgan fingerprint density at radius 3 is 2.63 bits per heavy atom. The monoisotopic (exact) mass is 254 g/mol. The first kappa shape index (κ1) is 14.1. The second kappa shape index (κ2) is 6.75. The van der Waals surface area contributed by atoms with Gasteiger partial charge in [0.05, 0.1) is 0 Å². The first-order chi connectivity index (χ1) is 9.26. The van der Waals surface area contributed by atoms with Gasteiger partial charge in [-0.2, -0.15) is 0 Å². The number of hydrogen-bond donors (Lipinski definition) is 0. The SMILES string of the molecule is C=C/C(=C\C)c1c(C)cccc1CC1CCCCC1. The first-order valence-corrected chi connectivity index (χ1v) is 7.64. The highest BCUT2D eigenvalue weighted by Gasteiger charge is 2.16. The fourth-order valence-electron chi connectivity index (χ4n) is 3.38. The van der Waals surface area contributed by atoms with Crippen LogP contribution in [-0.2, 0) is 6.42 Å². The molecule has 0 radical (unpaired) electrons. The lowest BCUT2D eigenvalue weighted by atomic mass is 9.82. The van der Waals surface area contributed by atoms with E-state index in [-0.39, 0.29) is 0 Å². The Bertz CT molecular complexity index is 459. The molecule has 1 aromatic rings. The highest BCUT2D eigenvalue weighted by atomic mass is 14.2. The van der Waals surface area contributed by atoms with E-state index in [0.717, 1.165) is 5.92 Å². The lowest BCUT2D eigenvalue weighted by molar-refractivity contribution is 0.356. The minimum atomic E-state index is 0.886. The van der Waals surface area contributed by atoms with E-state index in [2.05, 4.69) is 44.7 Å². The van der Waals surface area contributed by atoms with Crippen molar-refractivity contribution in [2.24, 2.45) is 5.92 Å². The zero-order chi connectivity index (χ0) is 13.7. The van der Waals surface area contributed by atoms with Gasteiger partial charge >= 0.3 is 0 Å². The molecule has 2 rings (SSSR count). The van der Waals surface area contributed by atoms with Crippen molar-refractivity contribution >= 4 is 5.57 Å². The fourth-order valence-corrected chi connectivity index (χ4v) is 3.38. The van der Waals surface area contributed by atoms with Crippen LogP contribution in [0.5, 0.6) is 0 Å². The molecule has 0 aromatic heterocycles. The molecule has 0 amide bonds. The van der Waals surface area contributed by atoms with Crippen LogP contribution in [0.15, 0.2) is 36.9 Å². The summed E-state index contributed by atoms with van der Waals surface area (Å²) in [5, 5.41) is 0. The van der Waals surface area contributed by atoms with Crippen molar-refractivity contribution in [2.45, 2.75) is 52.4 Å². The molecule has 1 aliphatic rings. The Morgan fingerprint density at radius 2 is 2.00 bits per heavy atom. The van der Waals surface area contributed by atoms with Gasteiger partial charge in [-0.25, -0.2) is 0 Å². The van der Waals surface area contributed by atoms with Crippen LogP contribution in [0.2, 0.25) is 0 Å². The van der Waals surface area contributed by atoms with Gasteiger partial charge < -0.3 is 0 Å². The van der Waals surface area contributed by atoms with E-state index < -0.39 is 0 Å². The largest absolute Gasteiger partial charge is 0.0985 e. The van der Waals surface area contributed by atoms with Crippen molar-refractivity contribution in [3.63, 3.8) is 0 Å². The van der Waals surface area contributed by atoms with Crippen molar-refractivity contribution < 1.29 is 0 Å². The van der Waals surface area contributed by atoms with Gasteiger partial charge in [0.2, 0.25) is 0 Å². The third kappa shape index (κ3) is 3.37. The molecule has 0 bridgehead atoms. The molecule has 102 valence electrons. The van der Waals surface area contributed by atoms with Crippen molar-refractivity contribution in [3.05, 3.63) is 53.6 Å². The molecule has 0 heteroatoms. The molecule has 0 unspecified atom stereocenters. The number of rotatable bonds is 4. The minimum Gasteiger partial charge on any atom is -0.0985 e. The third-order valence-electron chi connectivity index (χ3n) is 4.41. The minimum absolute atomic E-state index is 0.886. The highest BCUT2D eigenvalue weighted by Crippen LogP contribution is 2.31. The lowest BCUT2D eigenvalue weighted by Crippen LogP contribution is -2.10. The first-order valence-electron chi connectivity index (χ1n) is 7.64. The second-order valence-corrected chi connectivity index (χ2v) is 5.77. The molecule has 0 N–H and O–H groups in total. The predicted molar refractivity (Wildman–Crippen MR) is 85.3 cm³/mol. The maximum absolute atomic E-state index is 3.97. The average Bonchev–Trinajstić information content (AvgIpc) is 2.44. The molecule has 0 heterocycles. The van der Waals surface area contributed by atoms with Crippen LogP contribution in [0.3, 0.4) is 0 Å². The Kier molecular flexibility index (Phi) is 5.01. The van der Waals surface area contributed by atoms with Crippen LogP contribution in [0.25, 0.3) is 5.57 Å². The molecule has 1 aromatic carbocycles. The molecule has 0 atom stereocenters. The van der Waals surface area contributed by atoms with Crippen molar-refractivity contribution in [1.82, 2.24) is 0 Å². The summed E-state index contributed by atoms with van der Waals surface area (Å²) >= 11 is 0. The molecule has 0 saturated heterocycles. The van der Waals surface area contributed by atoms with Crippen molar-refractivity contribution in [3.8, 4) is 0 Å². The molecule has 1 saturated carbocycles. The number of aryl methyl sites for hydroxylation is 1. The predicted octanol–water partition coefficient (Wildman–Crippen LogP) is 5.71. The van der Waals surface area contributed by atoms with Gasteiger partial charge in [0.25, 0.3) is 0 Å². The molecule has 1 aliphatic carbocycles.